The van der Waals surface area contributed by atoms with Gasteiger partial charge in [-0.3, -0.25) is 0 Å². The van der Waals surface area contributed by atoms with Gasteiger partial charge in [0, 0.05) is 0 Å². The molecule has 0 atom stereocenters. The number of hydrogen-bond donors (Lipinski definition) is 2. The second-order valence-electron chi connectivity index (χ2n) is 3.68. The van der Waals surface area contributed by atoms with Gasteiger partial charge in [-0.1, -0.05) is 0 Å². The molecule has 0 fully saturated rings. The van der Waals surface area contributed by atoms with E-state index in [-0.39, 0.29) is 11.3 Å². The fourth-order valence-corrected chi connectivity index (χ4v) is 3.48. The molecule has 0 radical (unpaired) electrons. The molecular weight excluding hydrogens is 175 g/mol. The first-order valence-electron chi connectivity index (χ1n) is 4.40. The fraction of sp³-hybridized carbons (Fsp3) is 1.00. The standard InChI is InChI=1S/C8H21O3P/c1-6-11-12(9,10,7(2)3)8(4)5/h7-10H,6H2,1-5H3. The Balaban J connectivity index is 4.80. The number of hydrogen-bond acceptors (Lipinski definition) is 3. The molecule has 76 valence electrons. The zero-order valence-electron chi connectivity index (χ0n) is 8.61. The van der Waals surface area contributed by atoms with Gasteiger partial charge in [0.1, 0.15) is 0 Å². The van der Waals surface area contributed by atoms with E-state index < -0.39 is 7.28 Å². The van der Waals surface area contributed by atoms with E-state index in [4.69, 9.17) is 4.52 Å². The van der Waals surface area contributed by atoms with Crippen LogP contribution in [-0.4, -0.2) is 27.7 Å². The second kappa shape index (κ2) is 3.59. The third kappa shape index (κ3) is 1.97. The first kappa shape index (κ1) is 12.3. The number of rotatable bonds is 4. The molecule has 0 aliphatic carbocycles. The minimum absolute atomic E-state index is 0.226. The van der Waals surface area contributed by atoms with Crippen molar-refractivity contribution in [2.45, 2.75) is 45.9 Å². The van der Waals surface area contributed by atoms with E-state index in [0.29, 0.717) is 6.61 Å². The summed E-state index contributed by atoms with van der Waals surface area (Å²) in [5, 5.41) is 0. The maximum absolute atomic E-state index is 10.1. The molecule has 0 aromatic carbocycles. The van der Waals surface area contributed by atoms with Crippen molar-refractivity contribution in [2.24, 2.45) is 0 Å². The van der Waals surface area contributed by atoms with Crippen molar-refractivity contribution in [3.63, 3.8) is 0 Å². The summed E-state index contributed by atoms with van der Waals surface area (Å²) in [5.41, 5.74) is -0.452. The van der Waals surface area contributed by atoms with Crippen LogP contribution in [0.15, 0.2) is 0 Å². The molecule has 0 aliphatic heterocycles. The molecule has 3 nitrogen and oxygen atoms in total. The molecular formula is C8H21O3P. The molecule has 4 heteroatoms. The van der Waals surface area contributed by atoms with Crippen LogP contribution in [0.3, 0.4) is 0 Å². The van der Waals surface area contributed by atoms with Gasteiger partial charge in [-0.25, -0.2) is 0 Å². The van der Waals surface area contributed by atoms with Crippen molar-refractivity contribution < 1.29 is 14.3 Å². The summed E-state index contributed by atoms with van der Waals surface area (Å²) in [4.78, 5) is 20.2. The Morgan fingerprint density at radius 3 is 1.50 bits per heavy atom. The molecule has 0 heterocycles. The Kier molecular flexibility index (Phi) is 3.68. The first-order valence-corrected chi connectivity index (χ1v) is 6.60. The predicted octanol–water partition coefficient (Wildman–Crippen LogP) is 2.12. The van der Waals surface area contributed by atoms with Gasteiger partial charge < -0.3 is 0 Å². The third-order valence-electron chi connectivity index (χ3n) is 2.34. The Bertz CT molecular complexity index is 142. The molecule has 0 rings (SSSR count). The van der Waals surface area contributed by atoms with Gasteiger partial charge in [-0.15, -0.1) is 0 Å². The van der Waals surface area contributed by atoms with Crippen molar-refractivity contribution in [2.75, 3.05) is 6.61 Å². The fourth-order valence-electron chi connectivity index (χ4n) is 1.16. The SMILES string of the molecule is CCOP(O)(O)(C(C)C)C(C)C. The topological polar surface area (TPSA) is 49.7 Å². The average molecular weight is 196 g/mol. The van der Waals surface area contributed by atoms with Crippen LogP contribution < -0.4 is 0 Å². The van der Waals surface area contributed by atoms with Crippen LogP contribution in [-0.2, 0) is 4.52 Å². The normalized spacial score (nSPS) is 16.6. The van der Waals surface area contributed by atoms with Gasteiger partial charge in [-0.2, -0.15) is 0 Å². The molecule has 0 saturated carbocycles. The van der Waals surface area contributed by atoms with Crippen LogP contribution in [0, 0.1) is 0 Å². The maximum atomic E-state index is 10.1. The van der Waals surface area contributed by atoms with Gasteiger partial charge in [0.05, 0.1) is 0 Å². The van der Waals surface area contributed by atoms with E-state index in [1.807, 2.05) is 0 Å². The van der Waals surface area contributed by atoms with Gasteiger partial charge in [0.2, 0.25) is 0 Å². The molecule has 0 aromatic heterocycles. The summed E-state index contributed by atoms with van der Waals surface area (Å²) in [6.07, 6.45) is 0. The summed E-state index contributed by atoms with van der Waals surface area (Å²) < 4.78 is 5.18. The Labute approximate surface area is 74.9 Å². The van der Waals surface area contributed by atoms with Crippen molar-refractivity contribution in [3.05, 3.63) is 0 Å². The van der Waals surface area contributed by atoms with Gasteiger partial charge >= 0.3 is 74.1 Å². The Morgan fingerprint density at radius 2 is 1.42 bits per heavy atom. The van der Waals surface area contributed by atoms with Crippen molar-refractivity contribution in [1.29, 1.82) is 0 Å². The van der Waals surface area contributed by atoms with Crippen molar-refractivity contribution in [1.82, 2.24) is 0 Å². The van der Waals surface area contributed by atoms with Crippen LogP contribution in [0.5, 0.6) is 0 Å². The molecule has 0 aromatic rings. The average Bonchev–Trinajstić information content (AvgIpc) is 1.87. The van der Waals surface area contributed by atoms with Crippen LogP contribution in [0.2, 0.25) is 0 Å². The summed E-state index contributed by atoms with van der Waals surface area (Å²) in [7, 11) is -3.87. The molecule has 12 heavy (non-hydrogen) atoms. The summed E-state index contributed by atoms with van der Waals surface area (Å²) in [6, 6.07) is 0. The van der Waals surface area contributed by atoms with E-state index in [0.717, 1.165) is 0 Å². The van der Waals surface area contributed by atoms with Crippen molar-refractivity contribution in [3.8, 4) is 0 Å². The molecule has 0 unspecified atom stereocenters. The van der Waals surface area contributed by atoms with E-state index in [9.17, 15) is 9.79 Å². The zero-order chi connectivity index (χ0) is 10.0. The predicted molar refractivity (Wildman–Crippen MR) is 53.3 cm³/mol. The van der Waals surface area contributed by atoms with Crippen LogP contribution >= 0.6 is 7.28 Å². The summed E-state index contributed by atoms with van der Waals surface area (Å²) >= 11 is 0. The monoisotopic (exact) mass is 196 g/mol. The molecule has 0 amide bonds. The summed E-state index contributed by atoms with van der Waals surface area (Å²) in [5.74, 6) is 0. The Hall–Kier alpha value is 0.310. The van der Waals surface area contributed by atoms with Crippen LogP contribution in [0.1, 0.15) is 34.6 Å². The van der Waals surface area contributed by atoms with E-state index in [1.54, 1.807) is 34.6 Å². The zero-order valence-corrected chi connectivity index (χ0v) is 9.51. The summed E-state index contributed by atoms with van der Waals surface area (Å²) in [6.45, 7) is 9.27. The quantitative estimate of drug-likeness (QED) is 0.677. The van der Waals surface area contributed by atoms with E-state index in [1.165, 1.54) is 0 Å². The third-order valence-corrected chi connectivity index (χ3v) is 7.01. The molecule has 0 spiro atoms. The molecule has 0 aliphatic rings. The van der Waals surface area contributed by atoms with Crippen molar-refractivity contribution >= 4 is 7.28 Å². The van der Waals surface area contributed by atoms with Gasteiger partial charge in [0.25, 0.3) is 0 Å². The molecule has 2 N–H and O–H groups in total. The van der Waals surface area contributed by atoms with Gasteiger partial charge in [-0.05, 0) is 0 Å². The minimum atomic E-state index is -3.87. The second-order valence-corrected chi connectivity index (χ2v) is 8.15. The van der Waals surface area contributed by atoms with E-state index >= 15 is 0 Å². The van der Waals surface area contributed by atoms with Gasteiger partial charge in [0.15, 0.2) is 0 Å². The molecule has 0 saturated heterocycles. The van der Waals surface area contributed by atoms with Crippen LogP contribution in [0.4, 0.5) is 0 Å². The molecule has 0 bridgehead atoms. The Morgan fingerprint density at radius 1 is 1.08 bits per heavy atom. The first-order chi connectivity index (χ1) is 5.24. The van der Waals surface area contributed by atoms with Crippen LogP contribution in [0.25, 0.3) is 0 Å². The van der Waals surface area contributed by atoms with E-state index in [2.05, 4.69) is 0 Å².